The van der Waals surface area contributed by atoms with E-state index in [9.17, 15) is 5.26 Å². The standard InChI is InChI=1S/C24H27N9/c1-17(2)21-15-31(23-9-8-22-27-11-12-33(22)30-23)13-14-32(21)24(28-16-25)29-20-7-3-6-19-18(20)5-4-10-26-19/h3-10,17,21H,11-15H2,1-2H3,(H,28,29)/t21-/m0/s1. The van der Waals surface area contributed by atoms with Gasteiger partial charge in [0.25, 0.3) is 0 Å². The first-order valence-corrected chi connectivity index (χ1v) is 11.3. The van der Waals surface area contributed by atoms with Crippen molar-refractivity contribution in [2.75, 3.05) is 38.0 Å². The number of anilines is 1. The number of aromatic nitrogens is 1. The number of aliphatic imine (C=N–C) groups is 2. The number of nitrogens with zero attached hydrogens (tertiary/aromatic N) is 8. The van der Waals surface area contributed by atoms with E-state index in [4.69, 9.17) is 5.10 Å². The molecule has 9 heteroatoms. The van der Waals surface area contributed by atoms with E-state index < -0.39 is 0 Å². The molecule has 3 aliphatic rings. The molecule has 1 saturated heterocycles. The minimum atomic E-state index is 0.163. The maximum absolute atomic E-state index is 9.45. The molecule has 1 aromatic carbocycles. The van der Waals surface area contributed by atoms with Crippen molar-refractivity contribution in [2.24, 2.45) is 21.0 Å². The van der Waals surface area contributed by atoms with E-state index >= 15 is 0 Å². The van der Waals surface area contributed by atoms with Gasteiger partial charge in [-0.15, -0.1) is 4.99 Å². The van der Waals surface area contributed by atoms with Gasteiger partial charge in [0, 0.05) is 31.2 Å². The van der Waals surface area contributed by atoms with Crippen LogP contribution >= 0.6 is 0 Å². The van der Waals surface area contributed by atoms with Crippen molar-refractivity contribution in [2.45, 2.75) is 19.9 Å². The summed E-state index contributed by atoms with van der Waals surface area (Å²) in [5.41, 5.74) is 1.79. The largest absolute Gasteiger partial charge is 0.351 e. The number of hydrazone groups is 1. The highest BCUT2D eigenvalue weighted by molar-refractivity contribution is 6.06. The first-order valence-electron chi connectivity index (χ1n) is 11.3. The summed E-state index contributed by atoms with van der Waals surface area (Å²) in [4.78, 5) is 17.6. The van der Waals surface area contributed by atoms with Gasteiger partial charge in [0.1, 0.15) is 11.7 Å². The molecule has 0 radical (unpaired) electrons. The number of benzene rings is 1. The van der Waals surface area contributed by atoms with E-state index in [1.54, 1.807) is 6.20 Å². The summed E-state index contributed by atoms with van der Waals surface area (Å²) in [6.07, 6.45) is 7.88. The highest BCUT2D eigenvalue weighted by Gasteiger charge is 2.34. The minimum absolute atomic E-state index is 0.163. The number of amidine groups is 2. The number of hydrogen-bond donors (Lipinski definition) is 1. The molecule has 0 unspecified atom stereocenters. The molecule has 1 atom stereocenters. The van der Waals surface area contributed by atoms with Gasteiger partial charge in [0.15, 0.2) is 0 Å². The number of guanidine groups is 1. The van der Waals surface area contributed by atoms with E-state index in [0.29, 0.717) is 11.9 Å². The van der Waals surface area contributed by atoms with Gasteiger partial charge in [-0.05, 0) is 42.3 Å². The molecular formula is C24H27N9. The first kappa shape index (κ1) is 20.9. The molecule has 9 nitrogen and oxygen atoms in total. The molecule has 1 N–H and O–H groups in total. The van der Waals surface area contributed by atoms with Crippen LogP contribution in [0.25, 0.3) is 10.9 Å². The summed E-state index contributed by atoms with van der Waals surface area (Å²) >= 11 is 0. The molecular weight excluding hydrogens is 414 g/mol. The van der Waals surface area contributed by atoms with Crippen LogP contribution in [-0.2, 0) is 0 Å². The smallest absolute Gasteiger partial charge is 0.214 e. The van der Waals surface area contributed by atoms with Crippen LogP contribution in [0.5, 0.6) is 0 Å². The predicted octanol–water partition coefficient (Wildman–Crippen LogP) is 2.72. The first-order chi connectivity index (χ1) is 16.1. The van der Waals surface area contributed by atoms with Crippen LogP contribution in [0.4, 0.5) is 5.69 Å². The molecule has 4 heterocycles. The van der Waals surface area contributed by atoms with Gasteiger partial charge in [-0.25, -0.2) is 5.01 Å². The van der Waals surface area contributed by atoms with Crippen LogP contribution in [0.15, 0.2) is 63.8 Å². The van der Waals surface area contributed by atoms with Crippen molar-refractivity contribution >= 4 is 34.2 Å². The molecule has 168 valence electrons. The molecule has 33 heavy (non-hydrogen) atoms. The number of fused-ring (bicyclic) bond motifs is 2. The molecule has 0 amide bonds. The van der Waals surface area contributed by atoms with E-state index in [-0.39, 0.29) is 6.04 Å². The van der Waals surface area contributed by atoms with Crippen molar-refractivity contribution in [3.05, 3.63) is 48.7 Å². The third-order valence-electron chi connectivity index (χ3n) is 6.29. The second-order valence-electron chi connectivity index (χ2n) is 8.64. The zero-order chi connectivity index (χ0) is 22.8. The van der Waals surface area contributed by atoms with Gasteiger partial charge < -0.3 is 15.1 Å². The number of piperazine rings is 1. The highest BCUT2D eigenvalue weighted by Crippen LogP contribution is 2.25. The summed E-state index contributed by atoms with van der Waals surface area (Å²) in [5, 5.41) is 20.7. The average molecular weight is 442 g/mol. The minimum Gasteiger partial charge on any atom is -0.351 e. The lowest BCUT2D eigenvalue weighted by Crippen LogP contribution is -2.59. The lowest BCUT2D eigenvalue weighted by Gasteiger charge is -2.45. The fourth-order valence-corrected chi connectivity index (χ4v) is 4.57. The summed E-state index contributed by atoms with van der Waals surface area (Å²) in [5.74, 6) is 2.83. The van der Waals surface area contributed by atoms with E-state index in [0.717, 1.165) is 61.0 Å². The quantitative estimate of drug-likeness (QED) is 0.437. The topological polar surface area (TPSA) is 95.5 Å². The molecule has 0 bridgehead atoms. The van der Waals surface area contributed by atoms with Crippen LogP contribution < -0.4 is 5.32 Å². The molecule has 5 rings (SSSR count). The second-order valence-corrected chi connectivity index (χ2v) is 8.64. The van der Waals surface area contributed by atoms with Crippen LogP contribution in [-0.4, -0.2) is 76.2 Å². The third kappa shape index (κ3) is 4.12. The van der Waals surface area contributed by atoms with Gasteiger partial charge in [-0.3, -0.25) is 9.98 Å². The maximum atomic E-state index is 9.45. The van der Waals surface area contributed by atoms with Gasteiger partial charge in [-0.2, -0.15) is 10.4 Å². The third-order valence-corrected chi connectivity index (χ3v) is 6.29. The molecule has 1 aromatic heterocycles. The summed E-state index contributed by atoms with van der Waals surface area (Å²) in [6, 6.07) is 10.0. The van der Waals surface area contributed by atoms with Crippen LogP contribution in [0, 0.1) is 17.4 Å². The van der Waals surface area contributed by atoms with E-state index in [1.807, 2.05) is 47.6 Å². The SMILES string of the molecule is CC(C)[C@@H]1CN(C2=NN3CCN=C3C=C2)CCN1/C(=N\C#N)Nc1cccc2ncccc12. The molecule has 0 spiro atoms. The Balaban J connectivity index is 1.39. The Morgan fingerprint density at radius 1 is 1.15 bits per heavy atom. The Kier molecular flexibility index (Phi) is 5.65. The molecule has 0 saturated carbocycles. The van der Waals surface area contributed by atoms with Gasteiger partial charge in [-0.1, -0.05) is 19.9 Å². The Labute approximate surface area is 193 Å². The average Bonchev–Trinajstić information content (AvgIpc) is 3.31. The zero-order valence-corrected chi connectivity index (χ0v) is 18.9. The number of nitrogens with one attached hydrogen (secondary N) is 1. The number of pyridine rings is 1. The Hall–Kier alpha value is -3.93. The van der Waals surface area contributed by atoms with E-state index in [1.165, 1.54) is 0 Å². The van der Waals surface area contributed by atoms with Gasteiger partial charge >= 0.3 is 0 Å². The Morgan fingerprint density at radius 2 is 2.03 bits per heavy atom. The van der Waals surface area contributed by atoms with E-state index in [2.05, 4.69) is 50.0 Å². The predicted molar refractivity (Wildman–Crippen MR) is 131 cm³/mol. The van der Waals surface area contributed by atoms with Crippen LogP contribution in [0.2, 0.25) is 0 Å². The summed E-state index contributed by atoms with van der Waals surface area (Å²) in [6.45, 7) is 8.35. The van der Waals surface area contributed by atoms with Crippen molar-refractivity contribution in [1.29, 1.82) is 5.26 Å². The molecule has 2 aromatic rings. The van der Waals surface area contributed by atoms with Gasteiger partial charge in [0.2, 0.25) is 12.2 Å². The highest BCUT2D eigenvalue weighted by atomic mass is 15.5. The summed E-state index contributed by atoms with van der Waals surface area (Å²) < 4.78 is 0. The number of rotatable bonds is 2. The van der Waals surface area contributed by atoms with Gasteiger partial charge in [0.05, 0.1) is 30.3 Å². The second kappa shape index (κ2) is 8.90. The fourth-order valence-electron chi connectivity index (χ4n) is 4.57. The molecule has 0 aliphatic carbocycles. The fraction of sp³-hybridized carbons (Fsp3) is 0.375. The van der Waals surface area contributed by atoms with Crippen LogP contribution in [0.3, 0.4) is 0 Å². The normalized spacial score (nSPS) is 20.6. The number of hydrogen-bond acceptors (Lipinski definition) is 7. The van der Waals surface area contributed by atoms with Crippen LogP contribution in [0.1, 0.15) is 13.8 Å². The zero-order valence-electron chi connectivity index (χ0n) is 18.9. The lowest BCUT2D eigenvalue weighted by atomic mass is 9.99. The maximum Gasteiger partial charge on any atom is 0.214 e. The van der Waals surface area contributed by atoms with Crippen molar-refractivity contribution in [1.82, 2.24) is 19.8 Å². The lowest BCUT2D eigenvalue weighted by molar-refractivity contribution is 0.145. The molecule has 1 fully saturated rings. The van der Waals surface area contributed by atoms with Crippen molar-refractivity contribution in [3.8, 4) is 6.19 Å². The monoisotopic (exact) mass is 441 g/mol. The summed E-state index contributed by atoms with van der Waals surface area (Å²) in [7, 11) is 0. The van der Waals surface area contributed by atoms with Crippen molar-refractivity contribution < 1.29 is 0 Å². The Morgan fingerprint density at radius 3 is 2.88 bits per heavy atom. The number of nitriles is 1. The Bertz CT molecular complexity index is 1200. The van der Waals surface area contributed by atoms with Crippen molar-refractivity contribution in [3.63, 3.8) is 0 Å². The molecule has 3 aliphatic heterocycles.